The van der Waals surface area contributed by atoms with Gasteiger partial charge >= 0.3 is 0 Å². The fourth-order valence-electron chi connectivity index (χ4n) is 3.43. The first-order valence-electron chi connectivity index (χ1n) is 9.59. The summed E-state index contributed by atoms with van der Waals surface area (Å²) in [5.41, 5.74) is 1.76. The van der Waals surface area contributed by atoms with Gasteiger partial charge in [0.05, 0.1) is 13.2 Å². The van der Waals surface area contributed by atoms with Gasteiger partial charge in [-0.2, -0.15) is 5.26 Å². The summed E-state index contributed by atoms with van der Waals surface area (Å²) in [6.07, 6.45) is 2.62. The third kappa shape index (κ3) is 4.10. The molecule has 2 aliphatic rings. The highest BCUT2D eigenvalue weighted by Crippen LogP contribution is 2.47. The van der Waals surface area contributed by atoms with E-state index in [9.17, 15) is 10.1 Å². The van der Waals surface area contributed by atoms with Gasteiger partial charge in [0.2, 0.25) is 0 Å². The number of anilines is 2. The van der Waals surface area contributed by atoms with Crippen molar-refractivity contribution in [2.45, 2.75) is 19.3 Å². The van der Waals surface area contributed by atoms with Gasteiger partial charge in [0, 0.05) is 36.5 Å². The number of hydrogen-bond acceptors (Lipinski definition) is 5. The minimum Gasteiger partial charge on any atom is -0.461 e. The van der Waals surface area contributed by atoms with Crippen molar-refractivity contribution in [3.63, 3.8) is 0 Å². The second-order valence-corrected chi connectivity index (χ2v) is 7.33. The van der Waals surface area contributed by atoms with Crippen LogP contribution in [-0.2, 0) is 9.53 Å². The van der Waals surface area contributed by atoms with Crippen LogP contribution in [0, 0.1) is 17.2 Å². The average molecular weight is 377 g/mol. The normalized spacial score (nSPS) is 21.9. The smallest absolute Gasteiger partial charge is 0.266 e. The number of morpholine rings is 1. The molecule has 1 saturated carbocycles. The van der Waals surface area contributed by atoms with Crippen LogP contribution in [0.3, 0.4) is 0 Å². The lowest BCUT2D eigenvalue weighted by Gasteiger charge is -2.28. The molecule has 1 N–H and O–H groups in total. The fraction of sp³-hybridized carbons (Fsp3) is 0.364. The summed E-state index contributed by atoms with van der Waals surface area (Å²) in [4.78, 5) is 14.7. The van der Waals surface area contributed by atoms with Crippen molar-refractivity contribution < 1.29 is 13.9 Å². The van der Waals surface area contributed by atoms with E-state index in [4.69, 9.17) is 9.15 Å². The Morgan fingerprint density at radius 1 is 1.21 bits per heavy atom. The highest BCUT2D eigenvalue weighted by molar-refractivity contribution is 6.09. The molecule has 28 heavy (non-hydrogen) atoms. The molecule has 0 unspecified atom stereocenters. The highest BCUT2D eigenvalue weighted by Gasteiger charge is 2.36. The minimum atomic E-state index is -0.445. The van der Waals surface area contributed by atoms with Crippen molar-refractivity contribution >= 4 is 23.4 Å². The van der Waals surface area contributed by atoms with Crippen LogP contribution in [0.2, 0.25) is 0 Å². The molecule has 1 aliphatic heterocycles. The van der Waals surface area contributed by atoms with Gasteiger partial charge in [-0.05, 0) is 48.7 Å². The lowest BCUT2D eigenvalue weighted by molar-refractivity contribution is -0.112. The number of nitriles is 1. The summed E-state index contributed by atoms with van der Waals surface area (Å²) < 4.78 is 11.1. The molecule has 6 heteroatoms. The van der Waals surface area contributed by atoms with E-state index >= 15 is 0 Å². The Kier molecular flexibility index (Phi) is 5.18. The Labute approximate surface area is 164 Å². The van der Waals surface area contributed by atoms with Crippen LogP contribution in [-0.4, -0.2) is 32.2 Å². The SMILES string of the molecule is C[C@@H]1C[C@H]1c1ccc(/C=C(\C#N)C(=O)Nc2ccc(N3CCOCC3)cc2)o1. The number of amides is 1. The number of hydrogen-bond donors (Lipinski definition) is 1. The summed E-state index contributed by atoms with van der Waals surface area (Å²) in [5, 5.41) is 12.2. The van der Waals surface area contributed by atoms with E-state index in [2.05, 4.69) is 17.1 Å². The molecule has 1 aromatic heterocycles. The van der Waals surface area contributed by atoms with Gasteiger partial charge < -0.3 is 19.4 Å². The Hall–Kier alpha value is -3.04. The largest absolute Gasteiger partial charge is 0.461 e. The molecule has 0 spiro atoms. The Morgan fingerprint density at radius 3 is 2.57 bits per heavy atom. The van der Waals surface area contributed by atoms with Crippen LogP contribution < -0.4 is 10.2 Å². The van der Waals surface area contributed by atoms with E-state index in [-0.39, 0.29) is 5.57 Å². The Morgan fingerprint density at radius 2 is 1.93 bits per heavy atom. The van der Waals surface area contributed by atoms with Gasteiger partial charge in [-0.15, -0.1) is 0 Å². The van der Waals surface area contributed by atoms with E-state index < -0.39 is 5.91 Å². The molecule has 1 aromatic carbocycles. The van der Waals surface area contributed by atoms with Crippen LogP contribution in [0.15, 0.2) is 46.4 Å². The zero-order valence-corrected chi connectivity index (χ0v) is 15.9. The maximum Gasteiger partial charge on any atom is 0.266 e. The molecule has 1 aliphatic carbocycles. The molecule has 2 atom stereocenters. The van der Waals surface area contributed by atoms with Crippen molar-refractivity contribution in [2.24, 2.45) is 5.92 Å². The zero-order valence-electron chi connectivity index (χ0n) is 15.9. The number of benzene rings is 1. The van der Waals surface area contributed by atoms with Crippen molar-refractivity contribution in [1.82, 2.24) is 0 Å². The summed E-state index contributed by atoms with van der Waals surface area (Å²) in [7, 11) is 0. The maximum atomic E-state index is 12.5. The van der Waals surface area contributed by atoms with Gasteiger partial charge in [0.1, 0.15) is 23.2 Å². The lowest BCUT2D eigenvalue weighted by Crippen LogP contribution is -2.36. The molecule has 0 bridgehead atoms. The molecule has 2 heterocycles. The fourth-order valence-corrected chi connectivity index (χ4v) is 3.43. The van der Waals surface area contributed by atoms with Crippen molar-refractivity contribution in [2.75, 3.05) is 36.5 Å². The predicted octanol–water partition coefficient (Wildman–Crippen LogP) is 3.79. The molecular weight excluding hydrogens is 354 g/mol. The molecule has 2 fully saturated rings. The third-order valence-corrected chi connectivity index (χ3v) is 5.28. The van der Waals surface area contributed by atoms with E-state index in [0.29, 0.717) is 23.3 Å². The second-order valence-electron chi connectivity index (χ2n) is 7.33. The quantitative estimate of drug-likeness (QED) is 0.634. The summed E-state index contributed by atoms with van der Waals surface area (Å²) in [5.74, 6) is 2.12. The van der Waals surface area contributed by atoms with E-state index in [0.717, 1.165) is 44.2 Å². The first kappa shape index (κ1) is 18.3. The van der Waals surface area contributed by atoms with Gasteiger partial charge in [0.15, 0.2) is 0 Å². The first-order valence-corrected chi connectivity index (χ1v) is 9.59. The molecule has 1 amide bonds. The van der Waals surface area contributed by atoms with Gasteiger partial charge in [0.25, 0.3) is 5.91 Å². The number of furan rings is 1. The average Bonchev–Trinajstić information content (AvgIpc) is 3.27. The highest BCUT2D eigenvalue weighted by atomic mass is 16.5. The zero-order chi connectivity index (χ0) is 19.5. The van der Waals surface area contributed by atoms with Crippen LogP contribution in [0.4, 0.5) is 11.4 Å². The van der Waals surface area contributed by atoms with Crippen LogP contribution in [0.25, 0.3) is 6.08 Å². The van der Waals surface area contributed by atoms with Crippen molar-refractivity contribution in [1.29, 1.82) is 5.26 Å². The van der Waals surface area contributed by atoms with Crippen molar-refractivity contribution in [3.8, 4) is 6.07 Å². The summed E-state index contributed by atoms with van der Waals surface area (Å²) in [6, 6.07) is 13.3. The van der Waals surface area contributed by atoms with E-state index in [1.54, 1.807) is 0 Å². The molecule has 6 nitrogen and oxygen atoms in total. The summed E-state index contributed by atoms with van der Waals surface area (Å²) >= 11 is 0. The monoisotopic (exact) mass is 377 g/mol. The first-order chi connectivity index (χ1) is 13.6. The number of carbonyl (C=O) groups is 1. The van der Waals surface area contributed by atoms with Gasteiger partial charge in [-0.3, -0.25) is 4.79 Å². The van der Waals surface area contributed by atoms with E-state index in [1.165, 1.54) is 6.08 Å². The minimum absolute atomic E-state index is 0.0157. The number of carbonyl (C=O) groups excluding carboxylic acids is 1. The van der Waals surface area contributed by atoms with Crippen LogP contribution in [0.5, 0.6) is 0 Å². The third-order valence-electron chi connectivity index (χ3n) is 5.28. The molecule has 0 radical (unpaired) electrons. The number of rotatable bonds is 5. The molecule has 4 rings (SSSR count). The predicted molar refractivity (Wildman–Crippen MR) is 107 cm³/mol. The Balaban J connectivity index is 1.41. The van der Waals surface area contributed by atoms with Gasteiger partial charge in [-0.25, -0.2) is 0 Å². The molecule has 144 valence electrons. The maximum absolute atomic E-state index is 12.5. The lowest BCUT2D eigenvalue weighted by atomic mass is 10.2. The molecule has 2 aromatic rings. The van der Waals surface area contributed by atoms with Gasteiger partial charge in [-0.1, -0.05) is 6.92 Å². The van der Waals surface area contributed by atoms with Crippen molar-refractivity contribution in [3.05, 3.63) is 53.5 Å². The standard InChI is InChI=1S/C22H23N3O3/c1-15-12-20(15)21-7-6-19(28-21)13-16(14-23)22(26)24-17-2-4-18(5-3-17)25-8-10-27-11-9-25/h2-7,13,15,20H,8-12H2,1H3,(H,24,26)/b16-13+/t15-,20-/m1/s1. The van der Waals surface area contributed by atoms with Crippen LogP contribution in [0.1, 0.15) is 30.8 Å². The van der Waals surface area contributed by atoms with Crippen LogP contribution >= 0.6 is 0 Å². The number of ether oxygens (including phenoxy) is 1. The molecular formula is C22H23N3O3. The topological polar surface area (TPSA) is 78.5 Å². The number of nitrogens with one attached hydrogen (secondary N) is 1. The van der Waals surface area contributed by atoms with E-state index in [1.807, 2.05) is 42.5 Å². The summed E-state index contributed by atoms with van der Waals surface area (Å²) in [6.45, 7) is 5.35. The Bertz CT molecular complexity index is 917. The second kappa shape index (κ2) is 7.91. The number of nitrogens with zero attached hydrogens (tertiary/aromatic N) is 2. The molecule has 1 saturated heterocycles.